The van der Waals surface area contributed by atoms with Gasteiger partial charge in [-0.3, -0.25) is 9.48 Å². The molecule has 0 radical (unpaired) electrons. The van der Waals surface area contributed by atoms with Crippen molar-refractivity contribution >= 4 is 5.91 Å². The maximum Gasteiger partial charge on any atom is 0.241 e. The normalized spacial score (nSPS) is 24.3. The number of ether oxygens (including phenoxy) is 1. The van der Waals surface area contributed by atoms with E-state index in [2.05, 4.69) is 37.3 Å². The molecule has 138 valence electrons. The summed E-state index contributed by atoms with van der Waals surface area (Å²) in [7, 11) is 0. The number of carbonyl (C=O) groups is 1. The molecule has 3 atom stereocenters. The maximum absolute atomic E-state index is 12.7. The van der Waals surface area contributed by atoms with Crippen molar-refractivity contribution in [2.45, 2.75) is 59.2 Å². The van der Waals surface area contributed by atoms with Crippen molar-refractivity contribution < 1.29 is 9.53 Å². The third-order valence-corrected chi connectivity index (χ3v) is 6.04. The van der Waals surface area contributed by atoms with Crippen molar-refractivity contribution in [3.8, 4) is 17.0 Å². The van der Waals surface area contributed by atoms with E-state index >= 15 is 0 Å². The molecule has 1 saturated carbocycles. The highest BCUT2D eigenvalue weighted by atomic mass is 16.5. The molecule has 1 amide bonds. The monoisotopic (exact) mass is 353 g/mol. The number of nitrogens with one attached hydrogen (secondary N) is 1. The molecule has 2 aromatic rings. The Morgan fingerprint density at radius 3 is 3.04 bits per heavy atom. The lowest BCUT2D eigenvalue weighted by Gasteiger charge is -2.34. The van der Waals surface area contributed by atoms with Gasteiger partial charge in [-0.1, -0.05) is 38.3 Å². The number of fused-ring (bicyclic) bond motifs is 3. The predicted octanol–water partition coefficient (Wildman–Crippen LogP) is 3.69. The Morgan fingerprint density at radius 1 is 1.35 bits per heavy atom. The van der Waals surface area contributed by atoms with Crippen molar-refractivity contribution in [2.24, 2.45) is 11.8 Å². The van der Waals surface area contributed by atoms with Crippen molar-refractivity contribution in [2.75, 3.05) is 0 Å². The Balaban J connectivity index is 1.54. The number of rotatable bonds is 3. The summed E-state index contributed by atoms with van der Waals surface area (Å²) in [6.45, 7) is 7.35. The molecule has 1 aliphatic carbocycles. The van der Waals surface area contributed by atoms with Gasteiger partial charge in [-0.15, -0.1) is 0 Å². The zero-order valence-corrected chi connectivity index (χ0v) is 15.8. The summed E-state index contributed by atoms with van der Waals surface area (Å²) in [5.74, 6) is 2.09. The quantitative estimate of drug-likeness (QED) is 0.915. The number of nitrogens with zero attached hydrogens (tertiary/aromatic N) is 2. The molecule has 4 rings (SSSR count). The van der Waals surface area contributed by atoms with E-state index in [-0.39, 0.29) is 18.5 Å². The van der Waals surface area contributed by atoms with E-state index in [4.69, 9.17) is 4.74 Å². The van der Waals surface area contributed by atoms with Crippen molar-refractivity contribution in [3.63, 3.8) is 0 Å². The highest BCUT2D eigenvalue weighted by molar-refractivity contribution is 5.78. The van der Waals surface area contributed by atoms with Crippen LogP contribution in [-0.2, 0) is 17.9 Å². The fourth-order valence-corrected chi connectivity index (χ4v) is 4.25. The first-order valence-electron chi connectivity index (χ1n) is 9.61. The maximum atomic E-state index is 12.7. The molecule has 1 aromatic carbocycles. The largest absolute Gasteiger partial charge is 0.488 e. The van der Waals surface area contributed by atoms with Crippen LogP contribution in [0.15, 0.2) is 24.4 Å². The number of hydrogen-bond acceptors (Lipinski definition) is 3. The Kier molecular flexibility index (Phi) is 4.47. The first kappa shape index (κ1) is 17.1. The number of amides is 1. The van der Waals surface area contributed by atoms with Crippen LogP contribution in [0.25, 0.3) is 11.3 Å². The van der Waals surface area contributed by atoms with Crippen LogP contribution in [-0.4, -0.2) is 21.7 Å². The Hall–Kier alpha value is -2.30. The minimum Gasteiger partial charge on any atom is -0.488 e. The van der Waals surface area contributed by atoms with Crippen molar-refractivity contribution in [1.29, 1.82) is 0 Å². The molecule has 0 saturated heterocycles. The van der Waals surface area contributed by atoms with E-state index in [0.29, 0.717) is 18.4 Å². The number of benzene rings is 1. The molecule has 1 fully saturated rings. The second-order valence-electron chi connectivity index (χ2n) is 7.91. The molecule has 1 aliphatic heterocycles. The lowest BCUT2D eigenvalue weighted by atomic mass is 9.78. The Bertz CT molecular complexity index is 827. The van der Waals surface area contributed by atoms with Gasteiger partial charge in [0.1, 0.15) is 18.9 Å². The van der Waals surface area contributed by atoms with Crippen LogP contribution in [0.3, 0.4) is 0 Å². The molecular formula is C21H27N3O2. The highest BCUT2D eigenvalue weighted by Gasteiger charge is 2.29. The molecule has 0 bridgehead atoms. The summed E-state index contributed by atoms with van der Waals surface area (Å²) in [6, 6.07) is 6.42. The second kappa shape index (κ2) is 6.78. The smallest absolute Gasteiger partial charge is 0.241 e. The molecule has 5 heteroatoms. The summed E-state index contributed by atoms with van der Waals surface area (Å²) >= 11 is 0. The highest BCUT2D eigenvalue weighted by Crippen LogP contribution is 2.38. The zero-order chi connectivity index (χ0) is 18.3. The molecule has 3 unspecified atom stereocenters. The number of carbonyl (C=O) groups excluding carboxylic acids is 1. The standard InChI is InChI=1S/C21H27N3O2/c1-13-7-8-19-17(9-13)21-16(12-26-19)10-22-24(21)11-20(25)23-18-6-4-5-14(2)15(18)3/h7-10,14-15,18H,4-6,11-12H2,1-3H3,(H,23,25). The van der Waals surface area contributed by atoms with Crippen LogP contribution < -0.4 is 10.1 Å². The minimum absolute atomic E-state index is 0.0440. The number of hydrogen-bond donors (Lipinski definition) is 1. The van der Waals surface area contributed by atoms with Crippen LogP contribution in [0, 0.1) is 18.8 Å². The van der Waals surface area contributed by atoms with Gasteiger partial charge in [-0.25, -0.2) is 0 Å². The van der Waals surface area contributed by atoms with Gasteiger partial charge in [0, 0.05) is 17.2 Å². The fourth-order valence-electron chi connectivity index (χ4n) is 4.25. The van der Waals surface area contributed by atoms with Crippen LogP contribution >= 0.6 is 0 Å². The van der Waals surface area contributed by atoms with Gasteiger partial charge in [0.05, 0.1) is 11.9 Å². The van der Waals surface area contributed by atoms with E-state index in [1.54, 1.807) is 0 Å². The molecule has 5 nitrogen and oxygen atoms in total. The summed E-state index contributed by atoms with van der Waals surface area (Å²) in [4.78, 5) is 12.7. The Morgan fingerprint density at radius 2 is 2.19 bits per heavy atom. The average Bonchev–Trinajstić information content (AvgIpc) is 3.02. The molecule has 0 spiro atoms. The van der Waals surface area contributed by atoms with Crippen molar-refractivity contribution in [3.05, 3.63) is 35.5 Å². The molecule has 2 aliphatic rings. The van der Waals surface area contributed by atoms with Crippen LogP contribution in [0.2, 0.25) is 0 Å². The van der Waals surface area contributed by atoms with Gasteiger partial charge in [-0.05, 0) is 37.3 Å². The third-order valence-electron chi connectivity index (χ3n) is 6.04. The second-order valence-corrected chi connectivity index (χ2v) is 7.91. The average molecular weight is 353 g/mol. The van der Waals surface area contributed by atoms with E-state index < -0.39 is 0 Å². The third kappa shape index (κ3) is 3.11. The lowest BCUT2D eigenvalue weighted by molar-refractivity contribution is -0.123. The minimum atomic E-state index is 0.0440. The van der Waals surface area contributed by atoms with Crippen LogP contribution in [0.4, 0.5) is 0 Å². The van der Waals surface area contributed by atoms with Gasteiger partial charge in [0.2, 0.25) is 5.91 Å². The van der Waals surface area contributed by atoms with E-state index in [1.165, 1.54) is 18.4 Å². The molecule has 1 N–H and O–H groups in total. The molecular weight excluding hydrogens is 326 g/mol. The van der Waals surface area contributed by atoms with Crippen LogP contribution in [0.1, 0.15) is 44.2 Å². The summed E-state index contributed by atoms with van der Waals surface area (Å²) in [5.41, 5.74) is 4.24. The summed E-state index contributed by atoms with van der Waals surface area (Å²) < 4.78 is 7.64. The topological polar surface area (TPSA) is 56.2 Å². The predicted molar refractivity (Wildman–Crippen MR) is 101 cm³/mol. The van der Waals surface area contributed by atoms with Gasteiger partial charge >= 0.3 is 0 Å². The van der Waals surface area contributed by atoms with E-state index in [0.717, 1.165) is 29.0 Å². The molecule has 2 heterocycles. The number of aromatic nitrogens is 2. The van der Waals surface area contributed by atoms with Crippen LogP contribution in [0.5, 0.6) is 5.75 Å². The molecule has 1 aromatic heterocycles. The SMILES string of the molecule is Cc1ccc2c(c1)-c1c(cnn1CC(=O)NC1CCCC(C)C1C)CO2. The van der Waals surface area contributed by atoms with Gasteiger partial charge in [0.15, 0.2) is 0 Å². The number of aryl methyl sites for hydroxylation is 1. The first-order valence-corrected chi connectivity index (χ1v) is 9.61. The lowest BCUT2D eigenvalue weighted by Crippen LogP contribution is -2.45. The summed E-state index contributed by atoms with van der Waals surface area (Å²) in [6.07, 6.45) is 5.34. The van der Waals surface area contributed by atoms with Gasteiger partial charge < -0.3 is 10.1 Å². The van der Waals surface area contributed by atoms with Gasteiger partial charge in [0.25, 0.3) is 0 Å². The van der Waals surface area contributed by atoms with E-state index in [9.17, 15) is 4.79 Å². The van der Waals surface area contributed by atoms with Gasteiger partial charge in [-0.2, -0.15) is 5.10 Å². The van der Waals surface area contributed by atoms with E-state index in [1.807, 2.05) is 23.0 Å². The fraction of sp³-hybridized carbons (Fsp3) is 0.524. The van der Waals surface area contributed by atoms with Crippen molar-refractivity contribution in [1.82, 2.24) is 15.1 Å². The first-order chi connectivity index (χ1) is 12.5. The summed E-state index contributed by atoms with van der Waals surface area (Å²) in [5, 5.41) is 7.72. The zero-order valence-electron chi connectivity index (χ0n) is 15.8. The molecule has 26 heavy (non-hydrogen) atoms. The Labute approximate surface area is 154 Å².